The highest BCUT2D eigenvalue weighted by Crippen LogP contribution is 2.53. The van der Waals surface area contributed by atoms with Gasteiger partial charge in [-0.3, -0.25) is 4.57 Å². The standard InChI is InChI=1S/C33H25N3/c1-33(2)25-17-16-23-22-12-6-8-14-28(22)36(32-34-27-13-7-9-15-29(27)35(32)3)31(23)30(25)24-18-20-10-4-5-11-21(20)19-26(24)33/h4-19H,1-3H3. The number of hydrogen-bond acceptors (Lipinski definition) is 1. The summed E-state index contributed by atoms with van der Waals surface area (Å²) in [7, 11) is 2.12. The molecular formula is C33H25N3. The molecule has 0 spiro atoms. The maximum Gasteiger partial charge on any atom is 0.215 e. The van der Waals surface area contributed by atoms with Crippen molar-refractivity contribution < 1.29 is 0 Å². The molecule has 1 aliphatic rings. The second-order valence-corrected chi connectivity index (χ2v) is 10.6. The van der Waals surface area contributed by atoms with Gasteiger partial charge in [-0.1, -0.05) is 80.6 Å². The van der Waals surface area contributed by atoms with E-state index in [0.717, 1.165) is 17.0 Å². The first-order valence-electron chi connectivity index (χ1n) is 12.6. The monoisotopic (exact) mass is 463 g/mol. The Morgan fingerprint density at radius 3 is 2.17 bits per heavy atom. The van der Waals surface area contributed by atoms with E-state index >= 15 is 0 Å². The van der Waals surface area contributed by atoms with Crippen molar-refractivity contribution >= 4 is 43.6 Å². The van der Waals surface area contributed by atoms with Crippen molar-refractivity contribution in [1.82, 2.24) is 14.1 Å². The maximum absolute atomic E-state index is 5.15. The van der Waals surface area contributed by atoms with Crippen molar-refractivity contribution in [2.24, 2.45) is 7.05 Å². The van der Waals surface area contributed by atoms with E-state index in [2.05, 4.69) is 127 Å². The van der Waals surface area contributed by atoms with Gasteiger partial charge in [0.1, 0.15) is 0 Å². The van der Waals surface area contributed by atoms with Gasteiger partial charge in [-0.15, -0.1) is 0 Å². The van der Waals surface area contributed by atoms with Crippen LogP contribution in [0.25, 0.3) is 60.7 Å². The van der Waals surface area contributed by atoms with E-state index in [-0.39, 0.29) is 5.41 Å². The summed E-state index contributed by atoms with van der Waals surface area (Å²) < 4.78 is 4.62. The second-order valence-electron chi connectivity index (χ2n) is 10.6. The lowest BCUT2D eigenvalue weighted by Crippen LogP contribution is -2.15. The van der Waals surface area contributed by atoms with E-state index in [4.69, 9.17) is 4.98 Å². The van der Waals surface area contributed by atoms with E-state index in [1.165, 1.54) is 54.8 Å². The van der Waals surface area contributed by atoms with Gasteiger partial charge in [0.15, 0.2) is 0 Å². The third-order valence-corrected chi connectivity index (χ3v) is 8.30. The average Bonchev–Trinajstić information content (AvgIpc) is 3.49. The van der Waals surface area contributed by atoms with Crippen LogP contribution in [0.4, 0.5) is 0 Å². The molecule has 0 unspecified atom stereocenters. The smallest absolute Gasteiger partial charge is 0.215 e. The molecule has 1 aliphatic carbocycles. The Bertz CT molecular complexity index is 2030. The quantitative estimate of drug-likeness (QED) is 0.241. The molecule has 0 radical (unpaired) electrons. The van der Waals surface area contributed by atoms with Crippen LogP contribution in [0.15, 0.2) is 97.1 Å². The summed E-state index contributed by atoms with van der Waals surface area (Å²) in [5.74, 6) is 0.947. The molecule has 3 nitrogen and oxygen atoms in total. The van der Waals surface area contributed by atoms with Gasteiger partial charge >= 0.3 is 0 Å². The van der Waals surface area contributed by atoms with Gasteiger partial charge in [0.05, 0.1) is 22.1 Å². The van der Waals surface area contributed by atoms with Crippen molar-refractivity contribution in [3.8, 4) is 17.1 Å². The molecule has 0 amide bonds. The SMILES string of the molecule is Cn1c(-n2c3ccccc3c3ccc4c(c32)-c2cc3ccccc3cc2C4(C)C)nc2ccccc21. The van der Waals surface area contributed by atoms with Gasteiger partial charge < -0.3 is 4.57 Å². The number of hydrogen-bond donors (Lipinski definition) is 0. The number of fused-ring (bicyclic) bond motifs is 9. The summed E-state index contributed by atoms with van der Waals surface area (Å²) in [4.78, 5) is 5.15. The Morgan fingerprint density at radius 1 is 0.667 bits per heavy atom. The molecule has 7 aromatic rings. The molecule has 0 saturated carbocycles. The highest BCUT2D eigenvalue weighted by atomic mass is 15.2. The third-order valence-electron chi connectivity index (χ3n) is 8.30. The Kier molecular flexibility index (Phi) is 3.67. The van der Waals surface area contributed by atoms with Crippen molar-refractivity contribution in [2.75, 3.05) is 0 Å². The topological polar surface area (TPSA) is 22.8 Å². The number of aryl methyl sites for hydroxylation is 1. The lowest BCUT2D eigenvalue weighted by atomic mass is 9.82. The van der Waals surface area contributed by atoms with Crippen molar-refractivity contribution in [3.05, 3.63) is 108 Å². The zero-order valence-corrected chi connectivity index (χ0v) is 20.6. The van der Waals surface area contributed by atoms with Crippen LogP contribution in [0.2, 0.25) is 0 Å². The van der Waals surface area contributed by atoms with Gasteiger partial charge in [-0.2, -0.15) is 0 Å². The van der Waals surface area contributed by atoms with Gasteiger partial charge in [0.25, 0.3) is 0 Å². The van der Waals surface area contributed by atoms with Crippen LogP contribution < -0.4 is 0 Å². The molecule has 0 saturated heterocycles. The van der Waals surface area contributed by atoms with Crippen LogP contribution in [0.3, 0.4) is 0 Å². The lowest BCUT2D eigenvalue weighted by Gasteiger charge is -2.22. The largest absolute Gasteiger partial charge is 0.313 e. The fraction of sp³-hybridized carbons (Fsp3) is 0.121. The van der Waals surface area contributed by atoms with Crippen molar-refractivity contribution in [3.63, 3.8) is 0 Å². The first-order valence-corrected chi connectivity index (χ1v) is 12.6. The molecule has 2 heterocycles. The van der Waals surface area contributed by atoms with E-state index < -0.39 is 0 Å². The molecule has 2 aromatic heterocycles. The second kappa shape index (κ2) is 6.64. The first kappa shape index (κ1) is 19.9. The number of rotatable bonds is 1. The minimum Gasteiger partial charge on any atom is -0.313 e. The molecule has 36 heavy (non-hydrogen) atoms. The Labute approximate surface area is 209 Å². The molecule has 0 bridgehead atoms. The molecule has 0 N–H and O–H groups in total. The zero-order valence-electron chi connectivity index (χ0n) is 20.6. The molecular weight excluding hydrogens is 438 g/mol. The van der Waals surface area contributed by atoms with Crippen LogP contribution in [0.1, 0.15) is 25.0 Å². The molecule has 8 rings (SSSR count). The fourth-order valence-corrected chi connectivity index (χ4v) is 6.50. The van der Waals surface area contributed by atoms with Crippen LogP contribution in [-0.2, 0) is 12.5 Å². The minimum atomic E-state index is -0.0868. The normalized spacial score (nSPS) is 14.2. The van der Waals surface area contributed by atoms with E-state index in [0.29, 0.717) is 0 Å². The Hall–Kier alpha value is -4.37. The van der Waals surface area contributed by atoms with Crippen molar-refractivity contribution in [2.45, 2.75) is 19.3 Å². The highest BCUT2D eigenvalue weighted by Gasteiger charge is 2.38. The molecule has 0 atom stereocenters. The predicted octanol–water partition coefficient (Wildman–Crippen LogP) is 8.13. The molecule has 172 valence electrons. The van der Waals surface area contributed by atoms with E-state index in [1.807, 2.05) is 0 Å². The summed E-state index contributed by atoms with van der Waals surface area (Å²) in [6.45, 7) is 4.72. The summed E-state index contributed by atoms with van der Waals surface area (Å²) in [5, 5.41) is 5.11. The average molecular weight is 464 g/mol. The number of benzene rings is 5. The lowest BCUT2D eigenvalue weighted by molar-refractivity contribution is 0.661. The number of nitrogens with zero attached hydrogens (tertiary/aromatic N) is 3. The third kappa shape index (κ3) is 2.35. The summed E-state index contributed by atoms with van der Waals surface area (Å²) >= 11 is 0. The predicted molar refractivity (Wildman–Crippen MR) is 150 cm³/mol. The van der Waals surface area contributed by atoms with Crippen molar-refractivity contribution in [1.29, 1.82) is 0 Å². The van der Waals surface area contributed by atoms with Crippen LogP contribution >= 0.6 is 0 Å². The van der Waals surface area contributed by atoms with Gasteiger partial charge in [0.2, 0.25) is 5.95 Å². The number of para-hydroxylation sites is 3. The van der Waals surface area contributed by atoms with Crippen LogP contribution in [0.5, 0.6) is 0 Å². The Balaban J connectivity index is 1.60. The van der Waals surface area contributed by atoms with E-state index in [9.17, 15) is 0 Å². The zero-order chi connectivity index (χ0) is 24.2. The summed E-state index contributed by atoms with van der Waals surface area (Å²) in [6.07, 6.45) is 0. The van der Waals surface area contributed by atoms with Crippen LogP contribution in [-0.4, -0.2) is 14.1 Å². The highest BCUT2D eigenvalue weighted by molar-refractivity contribution is 6.16. The molecule has 3 heteroatoms. The molecule has 0 fully saturated rings. The molecule has 5 aromatic carbocycles. The van der Waals surface area contributed by atoms with E-state index in [1.54, 1.807) is 0 Å². The number of imidazole rings is 1. The van der Waals surface area contributed by atoms with Gasteiger partial charge in [0, 0.05) is 28.8 Å². The fourth-order valence-electron chi connectivity index (χ4n) is 6.50. The molecule has 0 aliphatic heterocycles. The first-order chi connectivity index (χ1) is 17.5. The van der Waals surface area contributed by atoms with Gasteiger partial charge in [-0.05, 0) is 57.8 Å². The van der Waals surface area contributed by atoms with Crippen LogP contribution in [0, 0.1) is 0 Å². The maximum atomic E-state index is 5.15. The minimum absolute atomic E-state index is 0.0868. The Morgan fingerprint density at radius 2 is 1.36 bits per heavy atom. The number of aromatic nitrogens is 3. The van der Waals surface area contributed by atoms with Gasteiger partial charge in [-0.25, -0.2) is 4.98 Å². The summed E-state index contributed by atoms with van der Waals surface area (Å²) in [5.41, 5.74) is 9.94. The summed E-state index contributed by atoms with van der Waals surface area (Å²) in [6, 6.07) is 35.3.